The van der Waals surface area contributed by atoms with Crippen LogP contribution < -0.4 is 14.8 Å². The van der Waals surface area contributed by atoms with Crippen LogP contribution in [0.4, 0.5) is 14.9 Å². The molecule has 2 heterocycles. The highest BCUT2D eigenvalue weighted by molar-refractivity contribution is 5.90. The number of carbonyl (C=O) groups excluding carboxylic acids is 1. The molecule has 7 heteroatoms. The largest absolute Gasteiger partial charge is 0.497 e. The third kappa shape index (κ3) is 3.40. The number of carbonyl (C=O) groups is 1. The number of hydrogen-bond acceptors (Lipinski definition) is 4. The average molecular weight is 407 g/mol. The minimum atomic E-state index is -0.304. The Morgan fingerprint density at radius 2 is 2.03 bits per heavy atom. The van der Waals surface area contributed by atoms with E-state index in [1.807, 2.05) is 23.1 Å². The van der Waals surface area contributed by atoms with Crippen molar-refractivity contribution in [3.05, 3.63) is 60.5 Å². The molecule has 6 nitrogen and oxygen atoms in total. The Morgan fingerprint density at radius 1 is 1.20 bits per heavy atom. The van der Waals surface area contributed by atoms with Gasteiger partial charge in [0.1, 0.15) is 23.4 Å². The van der Waals surface area contributed by atoms with E-state index in [0.717, 1.165) is 12.8 Å². The van der Waals surface area contributed by atoms with E-state index in [1.165, 1.54) is 12.1 Å². The molecule has 1 saturated heterocycles. The Labute approximate surface area is 173 Å². The smallest absolute Gasteiger partial charge is 0.321 e. The standard InChI is InChI=1S/C23H22FN3O3/c1-29-17-4-2-3-16(10-17)26-22(28)27-13-23(14-27)11-18(12-23)30-21-7-8-25-20-6-5-15(24)9-19(20)21/h2-10,18H,11-14H2,1H3,(H,26,28). The fraction of sp³-hybridized carbons (Fsp3) is 0.304. The number of halogens is 1. The van der Waals surface area contributed by atoms with Crippen LogP contribution in [-0.4, -0.2) is 42.2 Å². The van der Waals surface area contributed by atoms with E-state index in [0.29, 0.717) is 41.2 Å². The first-order valence-corrected chi connectivity index (χ1v) is 9.95. The molecule has 0 atom stereocenters. The van der Waals surface area contributed by atoms with E-state index >= 15 is 0 Å². The maximum absolute atomic E-state index is 13.6. The number of fused-ring (bicyclic) bond motifs is 1. The molecule has 1 aromatic heterocycles. The molecule has 30 heavy (non-hydrogen) atoms. The summed E-state index contributed by atoms with van der Waals surface area (Å²) in [6.07, 6.45) is 3.52. The van der Waals surface area contributed by atoms with Gasteiger partial charge in [-0.25, -0.2) is 9.18 Å². The molecule has 3 aromatic rings. The molecule has 154 valence electrons. The monoisotopic (exact) mass is 407 g/mol. The Bertz CT molecular complexity index is 1110. The van der Waals surface area contributed by atoms with E-state index in [9.17, 15) is 9.18 Å². The van der Waals surface area contributed by atoms with Gasteiger partial charge in [0.25, 0.3) is 0 Å². The summed E-state index contributed by atoms with van der Waals surface area (Å²) in [5, 5.41) is 3.60. The lowest BCUT2D eigenvalue weighted by atomic mass is 9.62. The van der Waals surface area contributed by atoms with Crippen molar-refractivity contribution in [2.45, 2.75) is 18.9 Å². The molecular weight excluding hydrogens is 385 g/mol. The summed E-state index contributed by atoms with van der Waals surface area (Å²) >= 11 is 0. The minimum Gasteiger partial charge on any atom is -0.497 e. The molecule has 5 rings (SSSR count). The Balaban J connectivity index is 1.16. The van der Waals surface area contributed by atoms with Gasteiger partial charge in [0.2, 0.25) is 0 Å². The first kappa shape index (κ1) is 18.7. The zero-order valence-corrected chi connectivity index (χ0v) is 16.6. The van der Waals surface area contributed by atoms with Gasteiger partial charge < -0.3 is 19.7 Å². The van der Waals surface area contributed by atoms with Gasteiger partial charge in [0, 0.05) is 41.8 Å². The summed E-state index contributed by atoms with van der Waals surface area (Å²) in [6.45, 7) is 1.43. The predicted octanol–water partition coefficient (Wildman–Crippen LogP) is 4.46. The molecule has 1 N–H and O–H groups in total. The van der Waals surface area contributed by atoms with Crippen molar-refractivity contribution < 1.29 is 18.7 Å². The summed E-state index contributed by atoms with van der Waals surface area (Å²) in [5.74, 6) is 1.06. The van der Waals surface area contributed by atoms with Crippen LogP contribution in [0.15, 0.2) is 54.7 Å². The van der Waals surface area contributed by atoms with Crippen LogP contribution in [0, 0.1) is 11.2 Å². The van der Waals surface area contributed by atoms with Gasteiger partial charge in [-0.15, -0.1) is 0 Å². The Hall–Kier alpha value is -3.35. The van der Waals surface area contributed by atoms with Crippen LogP contribution in [0.5, 0.6) is 11.5 Å². The number of ether oxygens (including phenoxy) is 2. The van der Waals surface area contributed by atoms with Crippen LogP contribution in [0.1, 0.15) is 12.8 Å². The number of methoxy groups -OCH3 is 1. The van der Waals surface area contributed by atoms with Crippen LogP contribution in [-0.2, 0) is 0 Å². The highest BCUT2D eigenvalue weighted by Crippen LogP contribution is 2.50. The quantitative estimate of drug-likeness (QED) is 0.694. The predicted molar refractivity (Wildman–Crippen MR) is 111 cm³/mol. The lowest BCUT2D eigenvalue weighted by molar-refractivity contribution is -0.0978. The second-order valence-electron chi connectivity index (χ2n) is 8.14. The summed E-state index contributed by atoms with van der Waals surface area (Å²) < 4.78 is 24.9. The maximum atomic E-state index is 13.6. The van der Waals surface area contributed by atoms with Crippen molar-refractivity contribution in [1.29, 1.82) is 0 Å². The molecule has 2 aliphatic rings. The van der Waals surface area contributed by atoms with Crippen molar-refractivity contribution in [2.24, 2.45) is 5.41 Å². The normalized spacial score (nSPS) is 17.3. The van der Waals surface area contributed by atoms with Gasteiger partial charge >= 0.3 is 6.03 Å². The maximum Gasteiger partial charge on any atom is 0.321 e. The Morgan fingerprint density at radius 3 is 2.83 bits per heavy atom. The molecule has 0 bridgehead atoms. The molecule has 2 fully saturated rings. The summed E-state index contributed by atoms with van der Waals surface area (Å²) in [7, 11) is 1.60. The number of nitrogens with zero attached hydrogens (tertiary/aromatic N) is 2. The number of urea groups is 1. The Kier molecular flexibility index (Phi) is 4.46. The molecule has 1 aliphatic carbocycles. The van der Waals surface area contributed by atoms with Gasteiger partial charge in [-0.05, 0) is 49.2 Å². The fourth-order valence-corrected chi connectivity index (χ4v) is 4.43. The van der Waals surface area contributed by atoms with Crippen LogP contribution in [0.3, 0.4) is 0 Å². The lowest BCUT2D eigenvalue weighted by Gasteiger charge is -2.58. The van der Waals surface area contributed by atoms with Crippen LogP contribution >= 0.6 is 0 Å². The number of rotatable bonds is 4. The topological polar surface area (TPSA) is 63.7 Å². The number of hydrogen-bond donors (Lipinski definition) is 1. The third-order valence-electron chi connectivity index (χ3n) is 5.94. The first-order chi connectivity index (χ1) is 14.5. The fourth-order valence-electron chi connectivity index (χ4n) is 4.43. The van der Waals surface area contributed by atoms with E-state index in [2.05, 4.69) is 10.3 Å². The highest BCUT2D eigenvalue weighted by Gasteiger charge is 2.54. The van der Waals surface area contributed by atoms with Crippen LogP contribution in [0.2, 0.25) is 0 Å². The van der Waals surface area contributed by atoms with E-state index < -0.39 is 0 Å². The second kappa shape index (κ2) is 7.16. The third-order valence-corrected chi connectivity index (χ3v) is 5.94. The molecule has 1 aliphatic heterocycles. The van der Waals surface area contributed by atoms with Crippen molar-refractivity contribution >= 4 is 22.6 Å². The lowest BCUT2D eigenvalue weighted by Crippen LogP contribution is -2.66. The van der Waals surface area contributed by atoms with Crippen LogP contribution in [0.25, 0.3) is 10.9 Å². The number of benzene rings is 2. The minimum absolute atomic E-state index is 0.0717. The van der Waals surface area contributed by atoms with Gasteiger partial charge in [-0.1, -0.05) is 6.07 Å². The van der Waals surface area contributed by atoms with Crippen molar-refractivity contribution in [1.82, 2.24) is 9.88 Å². The van der Waals surface area contributed by atoms with E-state index in [1.54, 1.807) is 31.5 Å². The summed E-state index contributed by atoms with van der Waals surface area (Å²) in [5.41, 5.74) is 1.56. The van der Waals surface area contributed by atoms with Gasteiger partial charge in [-0.3, -0.25) is 4.98 Å². The SMILES string of the molecule is COc1cccc(NC(=O)N2CC3(CC(Oc4ccnc5ccc(F)cc45)C3)C2)c1. The average Bonchev–Trinajstić information content (AvgIpc) is 2.69. The number of anilines is 1. The summed E-state index contributed by atoms with van der Waals surface area (Å²) in [6, 6.07) is 13.5. The van der Waals surface area contributed by atoms with E-state index in [-0.39, 0.29) is 23.4 Å². The van der Waals surface area contributed by atoms with E-state index in [4.69, 9.17) is 9.47 Å². The number of pyridine rings is 1. The highest BCUT2D eigenvalue weighted by atomic mass is 19.1. The molecule has 2 aromatic carbocycles. The number of aromatic nitrogens is 1. The zero-order chi connectivity index (χ0) is 20.7. The van der Waals surface area contributed by atoms with Gasteiger partial charge in [0.15, 0.2) is 0 Å². The molecule has 1 saturated carbocycles. The number of nitrogens with one attached hydrogen (secondary N) is 1. The number of amides is 2. The summed E-state index contributed by atoms with van der Waals surface area (Å²) in [4.78, 5) is 18.5. The molecule has 1 spiro atoms. The molecular formula is C23H22FN3O3. The molecule has 2 amide bonds. The van der Waals surface area contributed by atoms with Gasteiger partial charge in [-0.2, -0.15) is 0 Å². The van der Waals surface area contributed by atoms with Gasteiger partial charge in [0.05, 0.1) is 12.6 Å². The zero-order valence-electron chi connectivity index (χ0n) is 16.6. The number of likely N-dealkylation sites (tertiary alicyclic amines) is 1. The van der Waals surface area contributed by atoms with Crippen molar-refractivity contribution in [3.8, 4) is 11.5 Å². The second-order valence-corrected chi connectivity index (χ2v) is 8.14. The van der Waals surface area contributed by atoms with Crippen molar-refractivity contribution in [3.63, 3.8) is 0 Å². The molecule has 0 unspecified atom stereocenters. The van der Waals surface area contributed by atoms with Crippen molar-refractivity contribution in [2.75, 3.05) is 25.5 Å². The molecule has 0 radical (unpaired) electrons. The first-order valence-electron chi connectivity index (χ1n) is 9.95.